The fourth-order valence-corrected chi connectivity index (χ4v) is 1.99. The molecule has 0 radical (unpaired) electrons. The maximum atomic E-state index is 12.0. The summed E-state index contributed by atoms with van der Waals surface area (Å²) >= 11 is 0. The van der Waals surface area contributed by atoms with Gasteiger partial charge in [-0.05, 0) is 38.5 Å². The van der Waals surface area contributed by atoms with Crippen LogP contribution in [0.2, 0.25) is 0 Å². The molecule has 136 valence electrons. The minimum atomic E-state index is -0.696. The molecule has 1 aliphatic rings. The Labute approximate surface area is 145 Å². The predicted octanol–water partition coefficient (Wildman–Crippen LogP) is 0.993. The summed E-state index contributed by atoms with van der Waals surface area (Å²) < 4.78 is 15.2. The molecule has 8 heteroatoms. The maximum absolute atomic E-state index is 12.0. The standard InChI is InChI=1S/C17H22N2O6/c1-4-17(2,3)19-14(20)9-23-15(21)8-18-16(22)11-5-6-12-13(7-11)25-10-24-12/h5-7H,4,8-10H2,1-3H3,(H,18,22)(H,19,20). The second-order valence-corrected chi connectivity index (χ2v) is 6.20. The average molecular weight is 350 g/mol. The quantitative estimate of drug-likeness (QED) is 0.711. The molecule has 2 rings (SSSR count). The normalized spacial score (nSPS) is 12.4. The Bertz CT molecular complexity index is 671. The molecule has 0 spiro atoms. The number of fused-ring (bicyclic) bond motifs is 1. The van der Waals surface area contributed by atoms with Crippen molar-refractivity contribution >= 4 is 17.8 Å². The van der Waals surface area contributed by atoms with Gasteiger partial charge in [0.1, 0.15) is 6.54 Å². The second kappa shape index (κ2) is 7.87. The lowest BCUT2D eigenvalue weighted by Gasteiger charge is -2.24. The van der Waals surface area contributed by atoms with E-state index < -0.39 is 11.9 Å². The van der Waals surface area contributed by atoms with Crippen LogP contribution in [0.5, 0.6) is 11.5 Å². The van der Waals surface area contributed by atoms with E-state index in [1.54, 1.807) is 12.1 Å². The maximum Gasteiger partial charge on any atom is 0.325 e. The van der Waals surface area contributed by atoms with Gasteiger partial charge < -0.3 is 24.8 Å². The minimum absolute atomic E-state index is 0.115. The number of esters is 1. The summed E-state index contributed by atoms with van der Waals surface area (Å²) in [7, 11) is 0. The van der Waals surface area contributed by atoms with Gasteiger partial charge in [-0.1, -0.05) is 6.92 Å². The van der Waals surface area contributed by atoms with Crippen molar-refractivity contribution in [3.63, 3.8) is 0 Å². The molecule has 0 saturated carbocycles. The number of benzene rings is 1. The lowest BCUT2D eigenvalue weighted by atomic mass is 10.0. The Balaban J connectivity index is 1.74. The largest absolute Gasteiger partial charge is 0.454 e. The highest BCUT2D eigenvalue weighted by Crippen LogP contribution is 2.32. The van der Waals surface area contributed by atoms with Crippen LogP contribution in [0.4, 0.5) is 0 Å². The Morgan fingerprint density at radius 2 is 1.92 bits per heavy atom. The van der Waals surface area contributed by atoms with Gasteiger partial charge in [-0.25, -0.2) is 0 Å². The van der Waals surface area contributed by atoms with Crippen molar-refractivity contribution in [1.82, 2.24) is 10.6 Å². The van der Waals surface area contributed by atoms with E-state index in [1.807, 2.05) is 20.8 Å². The van der Waals surface area contributed by atoms with Crippen molar-refractivity contribution in [2.75, 3.05) is 19.9 Å². The molecule has 0 bridgehead atoms. The highest BCUT2D eigenvalue weighted by atomic mass is 16.7. The van der Waals surface area contributed by atoms with E-state index in [-0.39, 0.29) is 31.4 Å². The fraction of sp³-hybridized carbons (Fsp3) is 0.471. The summed E-state index contributed by atoms with van der Waals surface area (Å²) in [6.45, 7) is 5.08. The Kier molecular flexibility index (Phi) is 5.84. The van der Waals surface area contributed by atoms with Gasteiger partial charge in [0.25, 0.3) is 11.8 Å². The summed E-state index contributed by atoms with van der Waals surface area (Å²) in [5.74, 6) is -0.491. The van der Waals surface area contributed by atoms with Gasteiger partial charge in [0, 0.05) is 11.1 Å². The summed E-state index contributed by atoms with van der Waals surface area (Å²) in [6.07, 6.45) is 0.748. The number of nitrogens with one attached hydrogen (secondary N) is 2. The Morgan fingerprint density at radius 3 is 2.64 bits per heavy atom. The average Bonchev–Trinajstić information content (AvgIpc) is 3.05. The minimum Gasteiger partial charge on any atom is -0.454 e. The molecule has 0 atom stereocenters. The van der Waals surface area contributed by atoms with Crippen molar-refractivity contribution in [2.24, 2.45) is 0 Å². The first kappa shape index (κ1) is 18.6. The lowest BCUT2D eigenvalue weighted by Crippen LogP contribution is -2.45. The summed E-state index contributed by atoms with van der Waals surface area (Å²) in [6, 6.07) is 4.72. The van der Waals surface area contributed by atoms with E-state index in [2.05, 4.69) is 10.6 Å². The Hall–Kier alpha value is -2.77. The molecule has 0 aliphatic carbocycles. The first-order valence-corrected chi connectivity index (χ1v) is 7.95. The van der Waals surface area contributed by atoms with Crippen molar-refractivity contribution in [1.29, 1.82) is 0 Å². The van der Waals surface area contributed by atoms with E-state index in [0.29, 0.717) is 17.1 Å². The second-order valence-electron chi connectivity index (χ2n) is 6.20. The highest BCUT2D eigenvalue weighted by molar-refractivity contribution is 5.96. The van der Waals surface area contributed by atoms with E-state index in [0.717, 1.165) is 6.42 Å². The number of amides is 2. The smallest absolute Gasteiger partial charge is 0.325 e. The van der Waals surface area contributed by atoms with E-state index in [4.69, 9.17) is 14.2 Å². The molecule has 1 aromatic carbocycles. The predicted molar refractivity (Wildman–Crippen MR) is 88.4 cm³/mol. The molecule has 8 nitrogen and oxygen atoms in total. The van der Waals surface area contributed by atoms with Gasteiger partial charge in [0.15, 0.2) is 18.1 Å². The van der Waals surface area contributed by atoms with E-state index >= 15 is 0 Å². The first-order valence-electron chi connectivity index (χ1n) is 7.95. The van der Waals surface area contributed by atoms with Crippen molar-refractivity contribution in [3.05, 3.63) is 23.8 Å². The molecule has 2 amide bonds. The zero-order chi connectivity index (χ0) is 18.4. The third-order valence-electron chi connectivity index (χ3n) is 3.75. The number of carbonyl (C=O) groups is 3. The Morgan fingerprint density at radius 1 is 1.20 bits per heavy atom. The van der Waals surface area contributed by atoms with Gasteiger partial charge in [0.2, 0.25) is 6.79 Å². The van der Waals surface area contributed by atoms with Gasteiger partial charge in [-0.15, -0.1) is 0 Å². The van der Waals surface area contributed by atoms with E-state index in [9.17, 15) is 14.4 Å². The molecule has 1 aromatic rings. The van der Waals surface area contributed by atoms with Crippen molar-refractivity contribution in [2.45, 2.75) is 32.7 Å². The van der Waals surface area contributed by atoms with Crippen LogP contribution in [0.1, 0.15) is 37.6 Å². The molecule has 0 fully saturated rings. The van der Waals surface area contributed by atoms with Crippen LogP contribution < -0.4 is 20.1 Å². The van der Waals surface area contributed by atoms with Crippen LogP contribution in [0.3, 0.4) is 0 Å². The van der Waals surface area contributed by atoms with Crippen LogP contribution in [0.15, 0.2) is 18.2 Å². The van der Waals surface area contributed by atoms with Crippen LogP contribution >= 0.6 is 0 Å². The van der Waals surface area contributed by atoms with Gasteiger partial charge in [0.05, 0.1) is 0 Å². The molecule has 1 aliphatic heterocycles. The van der Waals surface area contributed by atoms with Gasteiger partial charge in [-0.2, -0.15) is 0 Å². The summed E-state index contributed by atoms with van der Waals surface area (Å²) in [4.78, 5) is 35.4. The third kappa shape index (κ3) is 5.37. The number of rotatable bonds is 7. The molecular weight excluding hydrogens is 328 g/mol. The lowest BCUT2D eigenvalue weighted by molar-refractivity contribution is -0.148. The molecule has 2 N–H and O–H groups in total. The zero-order valence-electron chi connectivity index (χ0n) is 14.5. The van der Waals surface area contributed by atoms with Crippen LogP contribution in [-0.4, -0.2) is 43.3 Å². The highest BCUT2D eigenvalue weighted by Gasteiger charge is 2.19. The number of hydrogen-bond donors (Lipinski definition) is 2. The summed E-state index contributed by atoms with van der Waals surface area (Å²) in [5.41, 5.74) is -0.0312. The van der Waals surface area contributed by atoms with Gasteiger partial charge >= 0.3 is 5.97 Å². The molecule has 0 aromatic heterocycles. The number of ether oxygens (including phenoxy) is 3. The third-order valence-corrected chi connectivity index (χ3v) is 3.75. The number of hydrogen-bond acceptors (Lipinski definition) is 6. The van der Waals surface area contributed by atoms with Crippen molar-refractivity contribution in [3.8, 4) is 11.5 Å². The number of carbonyl (C=O) groups excluding carboxylic acids is 3. The van der Waals surface area contributed by atoms with Crippen LogP contribution in [0.25, 0.3) is 0 Å². The topological polar surface area (TPSA) is 103 Å². The fourth-order valence-electron chi connectivity index (χ4n) is 1.99. The van der Waals surface area contributed by atoms with E-state index in [1.165, 1.54) is 6.07 Å². The molecule has 25 heavy (non-hydrogen) atoms. The SMILES string of the molecule is CCC(C)(C)NC(=O)COC(=O)CNC(=O)c1ccc2c(c1)OCO2. The molecule has 0 saturated heterocycles. The molecule has 0 unspecified atom stereocenters. The summed E-state index contributed by atoms with van der Waals surface area (Å²) in [5, 5.41) is 5.18. The van der Waals surface area contributed by atoms with Gasteiger partial charge in [-0.3, -0.25) is 14.4 Å². The molecule has 1 heterocycles. The van der Waals surface area contributed by atoms with Crippen LogP contribution in [-0.2, 0) is 14.3 Å². The first-order chi connectivity index (χ1) is 11.8. The zero-order valence-corrected chi connectivity index (χ0v) is 14.5. The monoisotopic (exact) mass is 350 g/mol. The molecular formula is C17H22N2O6. The van der Waals surface area contributed by atoms with Crippen LogP contribution in [0, 0.1) is 0 Å². The van der Waals surface area contributed by atoms with Crippen molar-refractivity contribution < 1.29 is 28.6 Å².